The van der Waals surface area contributed by atoms with Gasteiger partial charge in [-0.2, -0.15) is 0 Å². The molecular weight excluding hydrogens is 454 g/mol. The standard InChI is InChI=1S/C28H31N5O3/c1-28(2)10-4-11-32(28)15-19-14-22(29-25-20(19)9-12-31(25)3)17-5-6-21-18(13-17)16-33(27(21)36)23-7-8-24(34)30-26(23)35/h5-6,9,12-14,23H,4,7-8,10-11,15-16H2,1-3H3,(H,30,34,35). The van der Waals surface area contributed by atoms with Gasteiger partial charge in [-0.1, -0.05) is 6.07 Å². The van der Waals surface area contributed by atoms with Crippen LogP contribution in [0.5, 0.6) is 0 Å². The van der Waals surface area contributed by atoms with E-state index >= 15 is 0 Å². The van der Waals surface area contributed by atoms with E-state index in [1.54, 1.807) is 4.90 Å². The molecule has 8 heteroatoms. The first-order valence-electron chi connectivity index (χ1n) is 12.7. The Balaban J connectivity index is 1.34. The molecule has 3 aliphatic heterocycles. The van der Waals surface area contributed by atoms with Crippen molar-refractivity contribution >= 4 is 28.8 Å². The lowest BCUT2D eigenvalue weighted by atomic mass is 9.99. The smallest absolute Gasteiger partial charge is 0.255 e. The minimum Gasteiger partial charge on any atom is -0.336 e. The van der Waals surface area contributed by atoms with Crippen LogP contribution in [0.15, 0.2) is 36.5 Å². The monoisotopic (exact) mass is 485 g/mol. The Hall–Kier alpha value is -3.52. The molecule has 1 atom stereocenters. The van der Waals surface area contributed by atoms with E-state index in [-0.39, 0.29) is 23.8 Å². The summed E-state index contributed by atoms with van der Waals surface area (Å²) in [5.74, 6) is -0.829. The van der Waals surface area contributed by atoms with E-state index in [0.717, 1.165) is 35.6 Å². The summed E-state index contributed by atoms with van der Waals surface area (Å²) in [6.07, 6.45) is 5.08. The van der Waals surface area contributed by atoms with Crippen molar-refractivity contribution in [2.45, 2.75) is 64.2 Å². The zero-order valence-corrected chi connectivity index (χ0v) is 21.0. The molecule has 1 aromatic carbocycles. The molecule has 0 saturated carbocycles. The van der Waals surface area contributed by atoms with Gasteiger partial charge in [0.15, 0.2) is 0 Å². The maximum Gasteiger partial charge on any atom is 0.255 e. The van der Waals surface area contributed by atoms with Crippen LogP contribution in [-0.4, -0.2) is 55.2 Å². The van der Waals surface area contributed by atoms with Gasteiger partial charge in [0.05, 0.1) is 5.69 Å². The highest BCUT2D eigenvalue weighted by Gasteiger charge is 2.39. The van der Waals surface area contributed by atoms with E-state index < -0.39 is 11.9 Å². The Morgan fingerprint density at radius 1 is 1.14 bits per heavy atom. The van der Waals surface area contributed by atoms with Gasteiger partial charge in [-0.05, 0) is 75.0 Å². The average Bonchev–Trinajstić information content (AvgIpc) is 3.49. The first-order valence-corrected chi connectivity index (χ1v) is 12.7. The Bertz CT molecular complexity index is 1420. The van der Waals surface area contributed by atoms with Crippen molar-refractivity contribution in [2.24, 2.45) is 7.05 Å². The molecule has 1 unspecified atom stereocenters. The zero-order valence-electron chi connectivity index (χ0n) is 21.0. The summed E-state index contributed by atoms with van der Waals surface area (Å²) < 4.78 is 2.05. The number of imide groups is 1. The van der Waals surface area contributed by atoms with Crippen molar-refractivity contribution in [3.8, 4) is 11.3 Å². The second kappa shape index (κ2) is 8.27. The van der Waals surface area contributed by atoms with E-state index in [0.29, 0.717) is 18.5 Å². The van der Waals surface area contributed by atoms with Gasteiger partial charge in [0.25, 0.3) is 5.91 Å². The van der Waals surface area contributed by atoms with Gasteiger partial charge < -0.3 is 9.47 Å². The maximum absolute atomic E-state index is 13.1. The molecule has 36 heavy (non-hydrogen) atoms. The van der Waals surface area contributed by atoms with Crippen LogP contribution in [0.1, 0.15) is 61.0 Å². The number of carbonyl (C=O) groups excluding carboxylic acids is 3. The van der Waals surface area contributed by atoms with Crippen LogP contribution in [0.25, 0.3) is 22.3 Å². The Morgan fingerprint density at radius 3 is 2.72 bits per heavy atom. The van der Waals surface area contributed by atoms with Crippen LogP contribution in [0.3, 0.4) is 0 Å². The van der Waals surface area contributed by atoms with E-state index in [9.17, 15) is 14.4 Å². The summed E-state index contributed by atoms with van der Waals surface area (Å²) in [5, 5.41) is 3.53. The van der Waals surface area contributed by atoms with Crippen LogP contribution in [0.4, 0.5) is 0 Å². The van der Waals surface area contributed by atoms with Crippen molar-refractivity contribution in [1.82, 2.24) is 24.7 Å². The number of benzene rings is 1. The molecule has 0 bridgehead atoms. The number of aromatic nitrogens is 2. The van der Waals surface area contributed by atoms with Gasteiger partial charge in [-0.15, -0.1) is 0 Å². The molecule has 1 N–H and O–H groups in total. The van der Waals surface area contributed by atoms with Crippen LogP contribution < -0.4 is 5.32 Å². The third-order valence-electron chi connectivity index (χ3n) is 8.18. The summed E-state index contributed by atoms with van der Waals surface area (Å²) >= 11 is 0. The van der Waals surface area contributed by atoms with Crippen LogP contribution >= 0.6 is 0 Å². The summed E-state index contributed by atoms with van der Waals surface area (Å²) in [6.45, 7) is 6.95. The minimum atomic E-state index is -0.612. The number of piperidine rings is 1. The highest BCUT2D eigenvalue weighted by Crippen LogP contribution is 2.35. The lowest BCUT2D eigenvalue weighted by Gasteiger charge is -2.31. The van der Waals surface area contributed by atoms with Gasteiger partial charge in [0.1, 0.15) is 11.7 Å². The molecule has 2 aromatic heterocycles. The number of likely N-dealkylation sites (tertiary alicyclic amines) is 1. The molecule has 3 aromatic rings. The fourth-order valence-corrected chi connectivity index (χ4v) is 5.97. The predicted molar refractivity (Wildman–Crippen MR) is 136 cm³/mol. The lowest BCUT2D eigenvalue weighted by Crippen LogP contribution is -2.52. The van der Waals surface area contributed by atoms with Gasteiger partial charge in [0, 0.05) is 54.8 Å². The molecule has 2 saturated heterocycles. The van der Waals surface area contributed by atoms with Crippen LogP contribution in [0.2, 0.25) is 0 Å². The van der Waals surface area contributed by atoms with E-state index in [4.69, 9.17) is 4.98 Å². The SMILES string of the molecule is Cn1ccc2c(CN3CCCC3(C)C)cc(-c3ccc4c(c3)CN(C3CCC(=O)NC3=O)C4=O)nc21. The van der Waals surface area contributed by atoms with E-state index in [1.807, 2.05) is 25.2 Å². The molecule has 3 aliphatic rings. The largest absolute Gasteiger partial charge is 0.336 e. The molecule has 5 heterocycles. The van der Waals surface area contributed by atoms with Gasteiger partial charge >= 0.3 is 0 Å². The number of carbonyl (C=O) groups is 3. The number of fused-ring (bicyclic) bond motifs is 2. The zero-order chi connectivity index (χ0) is 25.2. The number of hydrogen-bond acceptors (Lipinski definition) is 5. The second-order valence-electron chi connectivity index (χ2n) is 10.9. The molecule has 3 amide bonds. The topological polar surface area (TPSA) is 87.5 Å². The van der Waals surface area contributed by atoms with Gasteiger partial charge in [-0.25, -0.2) is 4.98 Å². The summed E-state index contributed by atoms with van der Waals surface area (Å²) in [5.41, 5.74) is 5.72. The molecule has 8 nitrogen and oxygen atoms in total. The number of rotatable bonds is 4. The first-order chi connectivity index (χ1) is 17.2. The van der Waals surface area contributed by atoms with E-state index in [2.05, 4.69) is 47.0 Å². The van der Waals surface area contributed by atoms with Crippen molar-refractivity contribution in [1.29, 1.82) is 0 Å². The van der Waals surface area contributed by atoms with Crippen LogP contribution in [-0.2, 0) is 29.7 Å². The summed E-state index contributed by atoms with van der Waals surface area (Å²) in [6, 6.07) is 9.54. The van der Waals surface area contributed by atoms with Crippen molar-refractivity contribution in [3.63, 3.8) is 0 Å². The quantitative estimate of drug-likeness (QED) is 0.573. The number of hydrogen-bond donors (Lipinski definition) is 1. The van der Waals surface area contributed by atoms with Crippen molar-refractivity contribution < 1.29 is 14.4 Å². The van der Waals surface area contributed by atoms with Crippen LogP contribution in [0, 0.1) is 0 Å². The van der Waals surface area contributed by atoms with Gasteiger partial charge in [-0.3, -0.25) is 24.6 Å². The minimum absolute atomic E-state index is 0.158. The second-order valence-corrected chi connectivity index (χ2v) is 10.9. The Labute approximate surface area is 210 Å². The molecule has 0 spiro atoms. The highest BCUT2D eigenvalue weighted by molar-refractivity contribution is 6.05. The Kier molecular flexibility index (Phi) is 5.26. The third-order valence-corrected chi connectivity index (χ3v) is 8.18. The lowest BCUT2D eigenvalue weighted by molar-refractivity contribution is -0.136. The maximum atomic E-state index is 13.1. The van der Waals surface area contributed by atoms with E-state index in [1.165, 1.54) is 23.8 Å². The number of nitrogens with one attached hydrogen (secondary N) is 1. The number of nitrogens with zero attached hydrogens (tertiary/aromatic N) is 4. The summed E-state index contributed by atoms with van der Waals surface area (Å²) in [4.78, 5) is 46.2. The number of amides is 3. The number of pyridine rings is 1. The van der Waals surface area contributed by atoms with Crippen molar-refractivity contribution in [2.75, 3.05) is 6.54 Å². The predicted octanol–water partition coefficient (Wildman–Crippen LogP) is 3.38. The summed E-state index contributed by atoms with van der Waals surface area (Å²) in [7, 11) is 2.02. The normalized spacial score (nSPS) is 21.9. The average molecular weight is 486 g/mol. The molecule has 2 fully saturated rings. The molecule has 186 valence electrons. The first kappa shape index (κ1) is 22.9. The highest BCUT2D eigenvalue weighted by atomic mass is 16.2. The fraction of sp³-hybridized carbons (Fsp3) is 0.429. The fourth-order valence-electron chi connectivity index (χ4n) is 5.97. The third kappa shape index (κ3) is 3.71. The van der Waals surface area contributed by atoms with Gasteiger partial charge in [0.2, 0.25) is 11.8 Å². The molecule has 6 rings (SSSR count). The van der Waals surface area contributed by atoms with Crippen molar-refractivity contribution in [3.05, 3.63) is 53.2 Å². The Morgan fingerprint density at radius 2 is 1.97 bits per heavy atom. The molecule has 0 aliphatic carbocycles. The molecular formula is C28H31N5O3. The molecule has 0 radical (unpaired) electrons. The number of aryl methyl sites for hydroxylation is 1.